The maximum Gasteiger partial charge on any atom is 0.162 e. The molecule has 0 amide bonds. The Morgan fingerprint density at radius 2 is 1.45 bits per heavy atom. The van der Waals surface area contributed by atoms with Gasteiger partial charge in [-0.05, 0) is 12.8 Å². The molecule has 11 heavy (non-hydrogen) atoms. The SMILES string of the molecule is C=CC1(O)CCC(O)(O)CC1. The standard InChI is InChI=1S/C8H14O3/c1-2-7(9)3-5-8(10,11)6-4-7/h2,9-11H,1,3-6H2. The van der Waals surface area contributed by atoms with E-state index >= 15 is 0 Å². The molecule has 1 aliphatic rings. The molecule has 1 rings (SSSR count). The highest BCUT2D eigenvalue weighted by molar-refractivity contribution is 5.00. The van der Waals surface area contributed by atoms with Gasteiger partial charge in [-0.15, -0.1) is 6.58 Å². The molecule has 0 saturated heterocycles. The van der Waals surface area contributed by atoms with E-state index in [1.807, 2.05) is 0 Å². The van der Waals surface area contributed by atoms with Gasteiger partial charge in [0, 0.05) is 12.8 Å². The van der Waals surface area contributed by atoms with E-state index < -0.39 is 11.4 Å². The molecule has 0 aromatic rings. The van der Waals surface area contributed by atoms with Crippen molar-refractivity contribution in [2.75, 3.05) is 0 Å². The lowest BCUT2D eigenvalue weighted by molar-refractivity contribution is -0.199. The van der Waals surface area contributed by atoms with Crippen molar-refractivity contribution in [3.8, 4) is 0 Å². The Bertz CT molecular complexity index is 153. The van der Waals surface area contributed by atoms with Gasteiger partial charge < -0.3 is 15.3 Å². The second-order valence-corrected chi connectivity index (χ2v) is 3.29. The molecule has 0 heterocycles. The Hall–Kier alpha value is -0.380. The highest BCUT2D eigenvalue weighted by atomic mass is 16.5. The van der Waals surface area contributed by atoms with Gasteiger partial charge in [-0.1, -0.05) is 6.08 Å². The molecule has 0 atom stereocenters. The molecule has 0 aromatic carbocycles. The summed E-state index contributed by atoms with van der Waals surface area (Å²) in [4.78, 5) is 0. The molecule has 0 radical (unpaired) electrons. The lowest BCUT2D eigenvalue weighted by Crippen LogP contribution is -2.41. The Labute approximate surface area is 66.0 Å². The zero-order chi connectivity index (χ0) is 8.54. The minimum Gasteiger partial charge on any atom is -0.386 e. The molecule has 3 heteroatoms. The first-order chi connectivity index (χ1) is 4.97. The Morgan fingerprint density at radius 3 is 1.82 bits per heavy atom. The molecule has 0 bridgehead atoms. The fourth-order valence-electron chi connectivity index (χ4n) is 1.29. The van der Waals surface area contributed by atoms with Crippen LogP contribution in [-0.2, 0) is 0 Å². The van der Waals surface area contributed by atoms with Crippen LogP contribution in [0.15, 0.2) is 12.7 Å². The van der Waals surface area contributed by atoms with Gasteiger partial charge in [0.25, 0.3) is 0 Å². The number of aliphatic hydroxyl groups is 3. The maximum atomic E-state index is 9.57. The largest absolute Gasteiger partial charge is 0.386 e. The van der Waals surface area contributed by atoms with E-state index in [-0.39, 0.29) is 12.8 Å². The molecule has 3 N–H and O–H groups in total. The Balaban J connectivity index is 2.54. The number of hydrogen-bond donors (Lipinski definition) is 3. The van der Waals surface area contributed by atoms with E-state index in [2.05, 4.69) is 6.58 Å². The van der Waals surface area contributed by atoms with Gasteiger partial charge in [0.15, 0.2) is 5.79 Å². The van der Waals surface area contributed by atoms with Crippen LogP contribution >= 0.6 is 0 Å². The first-order valence-corrected chi connectivity index (χ1v) is 3.78. The topological polar surface area (TPSA) is 60.7 Å². The molecular weight excluding hydrogens is 144 g/mol. The molecule has 0 aliphatic heterocycles. The monoisotopic (exact) mass is 158 g/mol. The quantitative estimate of drug-likeness (QED) is 0.376. The Morgan fingerprint density at radius 1 is 1.00 bits per heavy atom. The van der Waals surface area contributed by atoms with E-state index in [0.717, 1.165) is 0 Å². The highest BCUT2D eigenvalue weighted by Gasteiger charge is 2.37. The minimum atomic E-state index is -1.57. The first-order valence-electron chi connectivity index (χ1n) is 3.78. The van der Waals surface area contributed by atoms with Gasteiger partial charge in [0.1, 0.15) is 0 Å². The van der Waals surface area contributed by atoms with Crippen LogP contribution in [0.3, 0.4) is 0 Å². The normalized spacial score (nSPS) is 27.9. The summed E-state index contributed by atoms with van der Waals surface area (Å²) in [5, 5.41) is 27.8. The molecule has 1 saturated carbocycles. The summed E-state index contributed by atoms with van der Waals surface area (Å²) in [6, 6.07) is 0. The summed E-state index contributed by atoms with van der Waals surface area (Å²) in [7, 11) is 0. The molecule has 64 valence electrons. The van der Waals surface area contributed by atoms with E-state index in [9.17, 15) is 5.11 Å². The number of hydrogen-bond acceptors (Lipinski definition) is 3. The van der Waals surface area contributed by atoms with Gasteiger partial charge in [0.2, 0.25) is 0 Å². The van der Waals surface area contributed by atoms with Crippen molar-refractivity contribution in [3.63, 3.8) is 0 Å². The lowest BCUT2D eigenvalue weighted by atomic mass is 9.82. The summed E-state index contributed by atoms with van der Waals surface area (Å²) in [5.41, 5.74) is -0.880. The van der Waals surface area contributed by atoms with Crippen molar-refractivity contribution in [3.05, 3.63) is 12.7 Å². The summed E-state index contributed by atoms with van der Waals surface area (Å²) in [6.07, 6.45) is 2.67. The molecule has 0 unspecified atom stereocenters. The number of rotatable bonds is 1. The zero-order valence-electron chi connectivity index (χ0n) is 6.45. The van der Waals surface area contributed by atoms with Crippen LogP contribution in [0.5, 0.6) is 0 Å². The van der Waals surface area contributed by atoms with Gasteiger partial charge in [-0.2, -0.15) is 0 Å². The molecule has 3 nitrogen and oxygen atoms in total. The van der Waals surface area contributed by atoms with Gasteiger partial charge in [-0.25, -0.2) is 0 Å². The maximum absolute atomic E-state index is 9.57. The summed E-state index contributed by atoms with van der Waals surface area (Å²) in [6.45, 7) is 3.49. The predicted molar refractivity (Wildman–Crippen MR) is 40.8 cm³/mol. The van der Waals surface area contributed by atoms with Crippen molar-refractivity contribution in [2.24, 2.45) is 0 Å². The van der Waals surface area contributed by atoms with Crippen LogP contribution in [0.2, 0.25) is 0 Å². The van der Waals surface area contributed by atoms with Gasteiger partial charge >= 0.3 is 0 Å². The summed E-state index contributed by atoms with van der Waals surface area (Å²) >= 11 is 0. The van der Waals surface area contributed by atoms with Crippen molar-refractivity contribution in [1.82, 2.24) is 0 Å². The van der Waals surface area contributed by atoms with Crippen LogP contribution in [0.4, 0.5) is 0 Å². The minimum absolute atomic E-state index is 0.218. The van der Waals surface area contributed by atoms with E-state index in [0.29, 0.717) is 12.8 Å². The molecule has 1 aliphatic carbocycles. The van der Waals surface area contributed by atoms with E-state index in [1.54, 1.807) is 0 Å². The van der Waals surface area contributed by atoms with E-state index in [1.165, 1.54) is 6.08 Å². The third kappa shape index (κ3) is 2.02. The van der Waals surface area contributed by atoms with Gasteiger partial charge in [-0.3, -0.25) is 0 Å². The highest BCUT2D eigenvalue weighted by Crippen LogP contribution is 2.33. The van der Waals surface area contributed by atoms with Crippen molar-refractivity contribution >= 4 is 0 Å². The van der Waals surface area contributed by atoms with E-state index in [4.69, 9.17) is 10.2 Å². The lowest BCUT2D eigenvalue weighted by Gasteiger charge is -2.36. The average molecular weight is 158 g/mol. The second kappa shape index (κ2) is 2.59. The average Bonchev–Trinajstić information content (AvgIpc) is 1.97. The smallest absolute Gasteiger partial charge is 0.162 e. The molecule has 1 fully saturated rings. The molecule has 0 spiro atoms. The second-order valence-electron chi connectivity index (χ2n) is 3.29. The van der Waals surface area contributed by atoms with Crippen LogP contribution < -0.4 is 0 Å². The van der Waals surface area contributed by atoms with Crippen LogP contribution in [0, 0.1) is 0 Å². The van der Waals surface area contributed by atoms with Crippen molar-refractivity contribution in [2.45, 2.75) is 37.1 Å². The third-order valence-electron chi connectivity index (χ3n) is 2.30. The molecule has 0 aromatic heterocycles. The third-order valence-corrected chi connectivity index (χ3v) is 2.30. The van der Waals surface area contributed by atoms with Crippen LogP contribution in [0.25, 0.3) is 0 Å². The summed E-state index contributed by atoms with van der Waals surface area (Å²) in [5.74, 6) is -1.57. The first kappa shape index (κ1) is 8.71. The summed E-state index contributed by atoms with van der Waals surface area (Å²) < 4.78 is 0. The fourth-order valence-corrected chi connectivity index (χ4v) is 1.29. The Kier molecular flexibility index (Phi) is 2.05. The zero-order valence-corrected chi connectivity index (χ0v) is 6.45. The predicted octanol–water partition coefficient (Wildman–Crippen LogP) is 0.158. The van der Waals surface area contributed by atoms with Crippen LogP contribution in [-0.4, -0.2) is 26.7 Å². The fraction of sp³-hybridized carbons (Fsp3) is 0.750. The van der Waals surface area contributed by atoms with Crippen molar-refractivity contribution < 1.29 is 15.3 Å². The van der Waals surface area contributed by atoms with Crippen LogP contribution in [0.1, 0.15) is 25.7 Å². The molecular formula is C8H14O3. The van der Waals surface area contributed by atoms with Crippen molar-refractivity contribution in [1.29, 1.82) is 0 Å². The van der Waals surface area contributed by atoms with Gasteiger partial charge in [0.05, 0.1) is 5.60 Å².